The molecule has 1 aliphatic rings. The minimum absolute atomic E-state index is 0.152. The van der Waals surface area contributed by atoms with Crippen LogP contribution < -0.4 is 5.32 Å². The lowest BCUT2D eigenvalue weighted by Crippen LogP contribution is -2.54. The smallest absolute Gasteiger partial charge is 0.227 e. The standard InChI is InChI=1S/C23H33ClN6O/c1-3-25-23(27-9-4-5-11-28-12-10-26-19(28)2)30-15-13-29(14-16-30)22(31)18-20-7-6-8-21(24)17-20/h6-8,10,12,17H,3-5,9,11,13-16,18H2,1-2H3,(H,25,27). The third kappa shape index (κ3) is 6.99. The maximum Gasteiger partial charge on any atom is 0.227 e. The lowest BCUT2D eigenvalue weighted by atomic mass is 10.1. The van der Waals surface area contributed by atoms with E-state index in [1.165, 1.54) is 0 Å². The van der Waals surface area contributed by atoms with Gasteiger partial charge in [-0.05, 0) is 44.4 Å². The van der Waals surface area contributed by atoms with Crippen molar-refractivity contribution in [1.82, 2.24) is 24.7 Å². The first-order chi connectivity index (χ1) is 15.1. The first-order valence-corrected chi connectivity index (χ1v) is 11.5. The van der Waals surface area contributed by atoms with E-state index in [0.717, 1.165) is 62.9 Å². The highest BCUT2D eigenvalue weighted by Gasteiger charge is 2.23. The number of carbonyl (C=O) groups is 1. The van der Waals surface area contributed by atoms with Gasteiger partial charge in [0.05, 0.1) is 6.42 Å². The van der Waals surface area contributed by atoms with Gasteiger partial charge in [-0.2, -0.15) is 0 Å². The van der Waals surface area contributed by atoms with E-state index in [1.54, 1.807) is 0 Å². The molecule has 0 atom stereocenters. The third-order valence-corrected chi connectivity index (χ3v) is 5.74. The molecule has 31 heavy (non-hydrogen) atoms. The van der Waals surface area contributed by atoms with Gasteiger partial charge in [-0.25, -0.2) is 4.98 Å². The van der Waals surface area contributed by atoms with Gasteiger partial charge in [0.25, 0.3) is 0 Å². The van der Waals surface area contributed by atoms with Crippen molar-refractivity contribution in [1.29, 1.82) is 0 Å². The number of carbonyl (C=O) groups excluding carboxylic acids is 1. The SMILES string of the molecule is CCNC(=NCCCCn1ccnc1C)N1CCN(C(=O)Cc2cccc(Cl)c2)CC1. The number of benzene rings is 1. The molecule has 1 fully saturated rings. The number of amides is 1. The molecule has 0 aliphatic carbocycles. The van der Waals surface area contributed by atoms with Gasteiger partial charge >= 0.3 is 0 Å². The second kappa shape index (κ2) is 11.7. The molecule has 0 radical (unpaired) electrons. The van der Waals surface area contributed by atoms with Crippen LogP contribution in [0.3, 0.4) is 0 Å². The average Bonchev–Trinajstić information content (AvgIpc) is 3.17. The highest BCUT2D eigenvalue weighted by Crippen LogP contribution is 2.13. The summed E-state index contributed by atoms with van der Waals surface area (Å²) in [4.78, 5) is 25.9. The van der Waals surface area contributed by atoms with Gasteiger partial charge in [0.1, 0.15) is 5.82 Å². The Labute approximate surface area is 190 Å². The number of nitrogens with one attached hydrogen (secondary N) is 1. The first kappa shape index (κ1) is 23.1. The summed E-state index contributed by atoms with van der Waals surface area (Å²) in [6, 6.07) is 7.52. The molecular weight excluding hydrogens is 412 g/mol. The topological polar surface area (TPSA) is 65.8 Å². The molecule has 8 heteroatoms. The molecule has 0 spiro atoms. The minimum Gasteiger partial charge on any atom is -0.357 e. The highest BCUT2D eigenvalue weighted by atomic mass is 35.5. The number of halogens is 1. The van der Waals surface area contributed by atoms with Gasteiger partial charge in [0.15, 0.2) is 5.96 Å². The van der Waals surface area contributed by atoms with Crippen LogP contribution in [0.15, 0.2) is 41.7 Å². The molecule has 0 bridgehead atoms. The van der Waals surface area contributed by atoms with Crippen LogP contribution in [-0.2, 0) is 17.8 Å². The zero-order valence-corrected chi connectivity index (χ0v) is 19.3. The molecule has 2 aromatic rings. The Kier molecular flexibility index (Phi) is 8.76. The van der Waals surface area contributed by atoms with E-state index in [2.05, 4.69) is 26.7 Å². The Hall–Kier alpha value is -2.54. The molecule has 1 amide bonds. The largest absolute Gasteiger partial charge is 0.357 e. The summed E-state index contributed by atoms with van der Waals surface area (Å²) in [6.07, 6.45) is 6.37. The van der Waals surface area contributed by atoms with Gasteiger partial charge in [0.2, 0.25) is 5.91 Å². The van der Waals surface area contributed by atoms with E-state index in [-0.39, 0.29) is 5.91 Å². The number of hydrogen-bond donors (Lipinski definition) is 1. The van der Waals surface area contributed by atoms with Gasteiger partial charge in [-0.3, -0.25) is 9.79 Å². The Morgan fingerprint density at radius 2 is 1.97 bits per heavy atom. The summed E-state index contributed by atoms with van der Waals surface area (Å²) in [6.45, 7) is 9.73. The molecule has 7 nitrogen and oxygen atoms in total. The van der Waals surface area contributed by atoms with E-state index < -0.39 is 0 Å². The van der Waals surface area contributed by atoms with Gasteiger partial charge in [0, 0.05) is 63.2 Å². The predicted molar refractivity (Wildman–Crippen MR) is 125 cm³/mol. The van der Waals surface area contributed by atoms with E-state index in [4.69, 9.17) is 16.6 Å². The second-order valence-electron chi connectivity index (χ2n) is 7.79. The molecule has 0 unspecified atom stereocenters. The fourth-order valence-electron chi connectivity index (χ4n) is 3.75. The Morgan fingerprint density at radius 1 is 1.19 bits per heavy atom. The number of hydrogen-bond acceptors (Lipinski definition) is 3. The van der Waals surface area contributed by atoms with Crippen LogP contribution in [0.4, 0.5) is 0 Å². The summed E-state index contributed by atoms with van der Waals surface area (Å²) in [5.41, 5.74) is 0.959. The van der Waals surface area contributed by atoms with Gasteiger partial charge < -0.3 is 19.7 Å². The zero-order valence-electron chi connectivity index (χ0n) is 18.6. The number of aromatic nitrogens is 2. The second-order valence-corrected chi connectivity index (χ2v) is 8.22. The first-order valence-electron chi connectivity index (χ1n) is 11.1. The molecule has 1 N–H and O–H groups in total. The number of piperazine rings is 1. The van der Waals surface area contributed by atoms with Crippen molar-refractivity contribution >= 4 is 23.5 Å². The molecule has 1 aromatic carbocycles. The van der Waals surface area contributed by atoms with Crippen molar-refractivity contribution in [2.75, 3.05) is 39.3 Å². The van der Waals surface area contributed by atoms with Crippen LogP contribution in [0, 0.1) is 6.92 Å². The number of unbranched alkanes of at least 4 members (excludes halogenated alkanes) is 1. The van der Waals surface area contributed by atoms with Gasteiger partial charge in [-0.1, -0.05) is 23.7 Å². The molecule has 2 heterocycles. The number of imidazole rings is 1. The fourth-order valence-corrected chi connectivity index (χ4v) is 3.96. The number of aryl methyl sites for hydroxylation is 2. The van der Waals surface area contributed by atoms with E-state index in [9.17, 15) is 4.79 Å². The zero-order chi connectivity index (χ0) is 22.1. The van der Waals surface area contributed by atoms with E-state index in [0.29, 0.717) is 24.5 Å². The van der Waals surface area contributed by atoms with Crippen molar-refractivity contribution in [3.05, 3.63) is 53.1 Å². The van der Waals surface area contributed by atoms with Crippen LogP contribution >= 0.6 is 11.6 Å². The summed E-state index contributed by atoms with van der Waals surface area (Å²) >= 11 is 6.04. The van der Waals surface area contributed by atoms with Crippen molar-refractivity contribution in [3.63, 3.8) is 0 Å². The number of nitrogens with zero attached hydrogens (tertiary/aromatic N) is 5. The Bertz CT molecular complexity index is 872. The van der Waals surface area contributed by atoms with E-state index in [1.807, 2.05) is 48.5 Å². The lowest BCUT2D eigenvalue weighted by molar-refractivity contribution is -0.131. The summed E-state index contributed by atoms with van der Waals surface area (Å²) in [5, 5.41) is 4.07. The van der Waals surface area contributed by atoms with Crippen LogP contribution in [0.25, 0.3) is 0 Å². The van der Waals surface area contributed by atoms with Crippen LogP contribution in [0.5, 0.6) is 0 Å². The molecule has 1 aromatic heterocycles. The third-order valence-electron chi connectivity index (χ3n) is 5.50. The molecule has 168 valence electrons. The normalized spacial score (nSPS) is 14.7. The summed E-state index contributed by atoms with van der Waals surface area (Å²) in [5.74, 6) is 2.15. The maximum atomic E-state index is 12.7. The van der Waals surface area contributed by atoms with Crippen molar-refractivity contribution in [2.24, 2.45) is 4.99 Å². The number of rotatable bonds is 8. The van der Waals surface area contributed by atoms with Crippen molar-refractivity contribution in [3.8, 4) is 0 Å². The monoisotopic (exact) mass is 444 g/mol. The predicted octanol–water partition coefficient (Wildman–Crippen LogP) is 2.98. The fraction of sp³-hybridized carbons (Fsp3) is 0.522. The van der Waals surface area contributed by atoms with Crippen molar-refractivity contribution < 1.29 is 4.79 Å². The molecule has 0 saturated carbocycles. The molecular formula is C23H33ClN6O. The average molecular weight is 445 g/mol. The highest BCUT2D eigenvalue weighted by molar-refractivity contribution is 6.30. The number of guanidine groups is 1. The Balaban J connectivity index is 1.44. The van der Waals surface area contributed by atoms with Crippen LogP contribution in [0.2, 0.25) is 5.02 Å². The lowest BCUT2D eigenvalue weighted by Gasteiger charge is -2.36. The summed E-state index contributed by atoms with van der Waals surface area (Å²) < 4.78 is 2.18. The minimum atomic E-state index is 0.152. The van der Waals surface area contributed by atoms with Gasteiger partial charge in [-0.15, -0.1) is 0 Å². The Morgan fingerprint density at radius 3 is 2.65 bits per heavy atom. The summed E-state index contributed by atoms with van der Waals surface area (Å²) in [7, 11) is 0. The van der Waals surface area contributed by atoms with Crippen LogP contribution in [0.1, 0.15) is 31.2 Å². The maximum absolute atomic E-state index is 12.7. The number of aliphatic imine (C=N–C) groups is 1. The van der Waals surface area contributed by atoms with E-state index >= 15 is 0 Å². The molecule has 1 aliphatic heterocycles. The molecule has 1 saturated heterocycles. The van der Waals surface area contributed by atoms with Crippen LogP contribution in [-0.4, -0.2) is 70.5 Å². The molecule has 3 rings (SSSR count). The van der Waals surface area contributed by atoms with Crippen molar-refractivity contribution in [2.45, 2.75) is 39.7 Å². The quantitative estimate of drug-likeness (QED) is 0.386.